The normalized spacial score (nSPS) is 14.6. The van der Waals surface area contributed by atoms with Crippen LogP contribution in [-0.2, 0) is 17.6 Å². The molecule has 1 amide bonds. The Morgan fingerprint density at radius 3 is 2.96 bits per heavy atom. The average molecular weight is 366 g/mol. The molecule has 0 radical (unpaired) electrons. The first-order chi connectivity index (χ1) is 13.0. The van der Waals surface area contributed by atoms with E-state index < -0.39 is 0 Å². The predicted octanol–water partition coefficient (Wildman–Crippen LogP) is 3.28. The van der Waals surface area contributed by atoms with E-state index in [4.69, 9.17) is 14.0 Å². The smallest absolute Gasteiger partial charge is 0.226 e. The van der Waals surface area contributed by atoms with Crippen molar-refractivity contribution in [2.75, 3.05) is 13.2 Å². The highest BCUT2D eigenvalue weighted by Crippen LogP contribution is 2.41. The molecule has 0 spiro atoms. The van der Waals surface area contributed by atoms with Gasteiger partial charge in [0.25, 0.3) is 0 Å². The van der Waals surface area contributed by atoms with E-state index in [9.17, 15) is 4.79 Å². The summed E-state index contributed by atoms with van der Waals surface area (Å²) in [5, 5.41) is 7.70. The number of fused-ring (bicyclic) bond motifs is 2. The van der Waals surface area contributed by atoms with Crippen molar-refractivity contribution in [2.24, 2.45) is 0 Å². The quantitative estimate of drug-likeness (QED) is 0.678. The molecular formula is C21H22N2O4. The molecule has 0 atom stereocenters. The number of rotatable bonds is 6. The number of para-hydroxylation sites is 2. The summed E-state index contributed by atoms with van der Waals surface area (Å²) in [5.74, 6) is 1.41. The van der Waals surface area contributed by atoms with E-state index in [1.807, 2.05) is 36.4 Å². The molecule has 1 aliphatic heterocycles. The lowest BCUT2D eigenvalue weighted by atomic mass is 10.0. The molecule has 6 nitrogen and oxygen atoms in total. The second-order valence-corrected chi connectivity index (χ2v) is 7.28. The average Bonchev–Trinajstić information content (AvgIpc) is 3.18. The first-order valence-electron chi connectivity index (χ1n) is 9.05. The van der Waals surface area contributed by atoms with Crippen molar-refractivity contribution in [1.29, 1.82) is 0 Å². The van der Waals surface area contributed by atoms with Crippen LogP contribution in [0.5, 0.6) is 11.5 Å². The minimum absolute atomic E-state index is 0.117. The highest BCUT2D eigenvalue weighted by molar-refractivity contribution is 5.86. The lowest BCUT2D eigenvalue weighted by Crippen LogP contribution is -2.29. The first-order valence-corrected chi connectivity index (χ1v) is 9.05. The van der Waals surface area contributed by atoms with Crippen molar-refractivity contribution in [3.63, 3.8) is 0 Å². The summed E-state index contributed by atoms with van der Waals surface area (Å²) in [4.78, 5) is 12.2. The summed E-state index contributed by atoms with van der Waals surface area (Å²) < 4.78 is 17.0. The number of aromatic nitrogens is 1. The summed E-state index contributed by atoms with van der Waals surface area (Å²) >= 11 is 0. The maximum absolute atomic E-state index is 12.2. The van der Waals surface area contributed by atoms with E-state index in [-0.39, 0.29) is 17.9 Å². The van der Waals surface area contributed by atoms with Crippen LogP contribution in [0.4, 0.5) is 0 Å². The van der Waals surface area contributed by atoms with Crippen LogP contribution < -0.4 is 14.8 Å². The molecule has 2 heterocycles. The number of nitrogens with zero attached hydrogens (tertiary/aromatic N) is 1. The molecule has 1 N–H and O–H groups in total. The predicted molar refractivity (Wildman–Crippen MR) is 101 cm³/mol. The SMILES string of the molecule is CC1(C)Cc2cccc(OCCNC(=O)Cc3noc4ccccc34)c2O1. The zero-order valence-electron chi connectivity index (χ0n) is 15.5. The van der Waals surface area contributed by atoms with E-state index in [1.54, 1.807) is 0 Å². The molecule has 0 bridgehead atoms. The van der Waals surface area contributed by atoms with Gasteiger partial charge >= 0.3 is 0 Å². The van der Waals surface area contributed by atoms with Crippen molar-refractivity contribution in [2.45, 2.75) is 32.3 Å². The van der Waals surface area contributed by atoms with Gasteiger partial charge in [0.15, 0.2) is 17.1 Å². The maximum Gasteiger partial charge on any atom is 0.226 e. The number of ether oxygens (including phenoxy) is 2. The molecule has 0 aliphatic carbocycles. The summed E-state index contributed by atoms with van der Waals surface area (Å²) in [5.41, 5.74) is 2.26. The van der Waals surface area contributed by atoms with E-state index in [2.05, 4.69) is 30.4 Å². The number of benzene rings is 2. The van der Waals surface area contributed by atoms with Crippen molar-refractivity contribution in [1.82, 2.24) is 10.5 Å². The lowest BCUT2D eigenvalue weighted by molar-refractivity contribution is -0.120. The molecule has 2 aromatic carbocycles. The van der Waals surface area contributed by atoms with Crippen LogP contribution in [-0.4, -0.2) is 29.8 Å². The minimum Gasteiger partial charge on any atom is -0.488 e. The van der Waals surface area contributed by atoms with Crippen LogP contribution in [0.3, 0.4) is 0 Å². The first kappa shape index (κ1) is 17.4. The van der Waals surface area contributed by atoms with Crippen LogP contribution >= 0.6 is 0 Å². The Morgan fingerprint density at radius 2 is 2.07 bits per heavy atom. The molecule has 27 heavy (non-hydrogen) atoms. The molecule has 0 saturated heterocycles. The Kier molecular flexibility index (Phi) is 4.48. The van der Waals surface area contributed by atoms with Gasteiger partial charge in [-0.05, 0) is 32.0 Å². The maximum atomic E-state index is 12.2. The molecule has 0 unspecified atom stereocenters. The van der Waals surface area contributed by atoms with Gasteiger partial charge in [0, 0.05) is 17.4 Å². The molecule has 3 aromatic rings. The standard InChI is InChI=1S/C21H22N2O4/c1-21(2)13-14-6-5-9-18(20(14)26-21)25-11-10-22-19(24)12-16-15-7-3-4-8-17(15)27-23-16/h3-9H,10-13H2,1-2H3,(H,22,24). The molecule has 4 rings (SSSR count). The van der Waals surface area contributed by atoms with Crippen molar-refractivity contribution in [3.8, 4) is 11.5 Å². The van der Waals surface area contributed by atoms with E-state index >= 15 is 0 Å². The van der Waals surface area contributed by atoms with Crippen molar-refractivity contribution in [3.05, 3.63) is 53.7 Å². The Morgan fingerprint density at radius 1 is 1.22 bits per heavy atom. The van der Waals surface area contributed by atoms with E-state index in [1.165, 1.54) is 0 Å². The topological polar surface area (TPSA) is 73.6 Å². The number of hydrogen-bond acceptors (Lipinski definition) is 5. The third-order valence-electron chi connectivity index (χ3n) is 4.52. The fourth-order valence-electron chi connectivity index (χ4n) is 3.33. The number of carbonyl (C=O) groups is 1. The van der Waals surface area contributed by atoms with Crippen LogP contribution in [0.2, 0.25) is 0 Å². The number of nitrogens with one attached hydrogen (secondary N) is 1. The summed E-state index contributed by atoms with van der Waals surface area (Å²) in [7, 11) is 0. The van der Waals surface area contributed by atoms with Gasteiger partial charge in [-0.1, -0.05) is 29.4 Å². The van der Waals surface area contributed by atoms with Crippen molar-refractivity contribution < 1.29 is 18.8 Å². The molecule has 6 heteroatoms. The number of carbonyl (C=O) groups excluding carboxylic acids is 1. The molecule has 1 aromatic heterocycles. The fourth-order valence-corrected chi connectivity index (χ4v) is 3.33. The third-order valence-corrected chi connectivity index (χ3v) is 4.52. The zero-order valence-corrected chi connectivity index (χ0v) is 15.5. The van der Waals surface area contributed by atoms with Crippen molar-refractivity contribution >= 4 is 16.9 Å². The van der Waals surface area contributed by atoms with E-state index in [0.717, 1.165) is 28.9 Å². The van der Waals surface area contributed by atoms with Gasteiger partial charge in [0.05, 0.1) is 13.0 Å². The number of hydrogen-bond donors (Lipinski definition) is 1. The zero-order chi connectivity index (χ0) is 18.9. The summed E-state index contributed by atoms with van der Waals surface area (Å²) in [6.07, 6.45) is 1.04. The van der Waals surface area contributed by atoms with Crippen LogP contribution in [0.15, 0.2) is 47.0 Å². The van der Waals surface area contributed by atoms with Crippen LogP contribution in [0.1, 0.15) is 25.1 Å². The molecule has 1 aliphatic rings. The van der Waals surface area contributed by atoms with Gasteiger partial charge in [0.1, 0.15) is 17.9 Å². The second-order valence-electron chi connectivity index (χ2n) is 7.28. The Hall–Kier alpha value is -3.02. The van der Waals surface area contributed by atoms with Gasteiger partial charge in [0.2, 0.25) is 5.91 Å². The minimum atomic E-state index is -0.212. The van der Waals surface area contributed by atoms with Crippen LogP contribution in [0.25, 0.3) is 11.0 Å². The summed E-state index contributed by atoms with van der Waals surface area (Å²) in [6, 6.07) is 13.4. The van der Waals surface area contributed by atoms with Gasteiger partial charge in [-0.15, -0.1) is 0 Å². The Bertz CT molecular complexity index is 977. The third kappa shape index (κ3) is 3.74. The molecular weight excluding hydrogens is 344 g/mol. The fraction of sp³-hybridized carbons (Fsp3) is 0.333. The van der Waals surface area contributed by atoms with Gasteiger partial charge < -0.3 is 19.3 Å². The lowest BCUT2D eigenvalue weighted by Gasteiger charge is -2.18. The molecule has 140 valence electrons. The Labute approximate surface area is 157 Å². The van der Waals surface area contributed by atoms with Crippen LogP contribution in [0, 0.1) is 0 Å². The van der Waals surface area contributed by atoms with Gasteiger partial charge in [-0.2, -0.15) is 0 Å². The second kappa shape index (κ2) is 6.95. The number of amides is 1. The van der Waals surface area contributed by atoms with E-state index in [0.29, 0.717) is 24.4 Å². The Balaban J connectivity index is 1.29. The largest absolute Gasteiger partial charge is 0.488 e. The molecule has 0 saturated carbocycles. The molecule has 0 fully saturated rings. The van der Waals surface area contributed by atoms with Gasteiger partial charge in [-0.3, -0.25) is 4.79 Å². The van der Waals surface area contributed by atoms with Gasteiger partial charge in [-0.25, -0.2) is 0 Å². The highest BCUT2D eigenvalue weighted by Gasteiger charge is 2.32. The highest BCUT2D eigenvalue weighted by atomic mass is 16.5. The summed E-state index contributed by atoms with van der Waals surface area (Å²) in [6.45, 7) is 4.89. The monoisotopic (exact) mass is 366 g/mol.